The lowest BCUT2D eigenvalue weighted by Gasteiger charge is -2.29. The van der Waals surface area contributed by atoms with Crippen molar-refractivity contribution in [2.75, 3.05) is 7.11 Å². The van der Waals surface area contributed by atoms with Gasteiger partial charge in [-0.25, -0.2) is 0 Å². The van der Waals surface area contributed by atoms with Crippen molar-refractivity contribution < 1.29 is 9.53 Å². The summed E-state index contributed by atoms with van der Waals surface area (Å²) in [6.45, 7) is 2.16. The minimum atomic E-state index is -0.247. The molecule has 1 aromatic heterocycles. The summed E-state index contributed by atoms with van der Waals surface area (Å²) in [4.78, 5) is 15.4. The van der Waals surface area contributed by atoms with Gasteiger partial charge in [0.1, 0.15) is 6.04 Å². The molecule has 0 bridgehead atoms. The molecule has 1 aromatic carbocycles. The van der Waals surface area contributed by atoms with Crippen molar-refractivity contribution >= 4 is 16.9 Å². The second kappa shape index (κ2) is 5.29. The molecule has 0 saturated heterocycles. The first-order chi connectivity index (χ1) is 9.74. The minimum Gasteiger partial charge on any atom is -0.468 e. The highest BCUT2D eigenvalue weighted by molar-refractivity contribution is 5.87. The van der Waals surface area contributed by atoms with Crippen molar-refractivity contribution in [3.05, 3.63) is 35.5 Å². The number of esters is 1. The van der Waals surface area contributed by atoms with Crippen LogP contribution in [-0.2, 0) is 16.0 Å². The van der Waals surface area contributed by atoms with E-state index in [2.05, 4.69) is 29.4 Å². The molecule has 3 rings (SSSR count). The highest BCUT2D eigenvalue weighted by atomic mass is 16.5. The molecule has 0 radical (unpaired) electrons. The fraction of sp³-hybridized carbons (Fsp3) is 0.438. The van der Waals surface area contributed by atoms with Gasteiger partial charge >= 0.3 is 5.97 Å². The number of aromatic nitrogens is 1. The van der Waals surface area contributed by atoms with E-state index < -0.39 is 0 Å². The Labute approximate surface area is 118 Å². The molecule has 0 spiro atoms. The summed E-state index contributed by atoms with van der Waals surface area (Å²) in [5, 5.41) is 4.64. The van der Waals surface area contributed by atoms with Crippen molar-refractivity contribution in [3.63, 3.8) is 0 Å². The molecule has 0 aliphatic carbocycles. The molecule has 106 valence electrons. The average molecular weight is 272 g/mol. The third-order valence-electron chi connectivity index (χ3n) is 4.07. The van der Waals surface area contributed by atoms with Crippen LogP contribution in [0.25, 0.3) is 10.9 Å². The first kappa shape index (κ1) is 13.2. The lowest BCUT2D eigenvalue weighted by molar-refractivity contribution is -0.143. The molecule has 2 N–H and O–H groups in total. The number of hydrogen-bond donors (Lipinski definition) is 2. The molecule has 4 heteroatoms. The molecule has 0 unspecified atom stereocenters. The molecule has 20 heavy (non-hydrogen) atoms. The van der Waals surface area contributed by atoms with Gasteiger partial charge in [-0.15, -0.1) is 0 Å². The number of hydrogen-bond acceptors (Lipinski definition) is 3. The van der Waals surface area contributed by atoms with Gasteiger partial charge in [-0.3, -0.25) is 10.1 Å². The first-order valence-electron chi connectivity index (χ1n) is 7.18. The van der Waals surface area contributed by atoms with E-state index >= 15 is 0 Å². The van der Waals surface area contributed by atoms with E-state index in [9.17, 15) is 4.79 Å². The van der Waals surface area contributed by atoms with E-state index in [1.165, 1.54) is 23.8 Å². The number of carbonyl (C=O) groups excluding carboxylic acids is 1. The zero-order chi connectivity index (χ0) is 14.1. The van der Waals surface area contributed by atoms with Crippen LogP contribution in [-0.4, -0.2) is 24.1 Å². The molecule has 4 nitrogen and oxygen atoms in total. The molecule has 2 aromatic rings. The van der Waals surface area contributed by atoms with Gasteiger partial charge in [0.05, 0.1) is 7.11 Å². The Bertz CT molecular complexity index is 632. The Hall–Kier alpha value is -1.81. The number of aromatic amines is 1. The number of fused-ring (bicyclic) bond motifs is 3. The summed E-state index contributed by atoms with van der Waals surface area (Å²) in [5.41, 5.74) is 3.63. The molecule has 1 aliphatic heterocycles. The average Bonchev–Trinajstić information content (AvgIpc) is 2.86. The lowest BCUT2D eigenvalue weighted by atomic mass is 9.92. The number of methoxy groups -OCH3 is 1. The van der Waals surface area contributed by atoms with Crippen molar-refractivity contribution in [1.82, 2.24) is 10.3 Å². The Kier molecular flexibility index (Phi) is 3.49. The highest BCUT2D eigenvalue weighted by Crippen LogP contribution is 2.33. The van der Waals surface area contributed by atoms with E-state index in [1.807, 2.05) is 12.1 Å². The van der Waals surface area contributed by atoms with Crippen molar-refractivity contribution in [2.24, 2.45) is 0 Å². The van der Waals surface area contributed by atoms with Gasteiger partial charge in [-0.05, 0) is 18.1 Å². The Morgan fingerprint density at radius 2 is 2.20 bits per heavy atom. The maximum Gasteiger partial charge on any atom is 0.323 e. The lowest BCUT2D eigenvalue weighted by Crippen LogP contribution is -2.45. The number of carbonyl (C=O) groups is 1. The predicted molar refractivity (Wildman–Crippen MR) is 78.6 cm³/mol. The van der Waals surface area contributed by atoms with Crippen LogP contribution in [0.3, 0.4) is 0 Å². The van der Waals surface area contributed by atoms with Crippen LogP contribution < -0.4 is 5.32 Å². The number of rotatable bonds is 3. The van der Waals surface area contributed by atoms with Crippen LogP contribution in [0.15, 0.2) is 24.3 Å². The number of ether oxygens (including phenoxy) is 1. The van der Waals surface area contributed by atoms with Gasteiger partial charge in [-0.1, -0.05) is 31.5 Å². The summed E-state index contributed by atoms with van der Waals surface area (Å²) in [7, 11) is 1.45. The van der Waals surface area contributed by atoms with E-state index in [4.69, 9.17) is 4.74 Å². The summed E-state index contributed by atoms with van der Waals surface area (Å²) >= 11 is 0. The van der Waals surface area contributed by atoms with Crippen molar-refractivity contribution in [2.45, 2.75) is 38.3 Å². The van der Waals surface area contributed by atoms with E-state index in [-0.39, 0.29) is 18.1 Å². The second-order valence-corrected chi connectivity index (χ2v) is 5.35. The SMILES string of the molecule is CCC[C@H]1N[C@@H](C(=O)OC)Cc2c1[nH]c1ccccc21. The maximum absolute atomic E-state index is 11.9. The Morgan fingerprint density at radius 3 is 2.95 bits per heavy atom. The van der Waals surface area contributed by atoms with Crippen LogP contribution in [0.5, 0.6) is 0 Å². The van der Waals surface area contributed by atoms with Crippen molar-refractivity contribution in [1.29, 1.82) is 0 Å². The normalized spacial score (nSPS) is 21.7. The Balaban J connectivity index is 2.06. The smallest absolute Gasteiger partial charge is 0.323 e. The molecule has 1 aliphatic rings. The zero-order valence-corrected chi connectivity index (χ0v) is 11.9. The fourth-order valence-electron chi connectivity index (χ4n) is 3.14. The van der Waals surface area contributed by atoms with Crippen molar-refractivity contribution in [3.8, 4) is 0 Å². The summed E-state index contributed by atoms with van der Waals surface area (Å²) in [5.74, 6) is -0.179. The topological polar surface area (TPSA) is 54.1 Å². The molecular weight excluding hydrogens is 252 g/mol. The van der Waals surface area contributed by atoms with Gasteiger partial charge in [0, 0.05) is 29.1 Å². The molecule has 2 heterocycles. The fourth-order valence-corrected chi connectivity index (χ4v) is 3.14. The number of benzene rings is 1. The molecule has 2 atom stereocenters. The third-order valence-corrected chi connectivity index (χ3v) is 4.07. The van der Waals surface area contributed by atoms with Gasteiger partial charge in [0.25, 0.3) is 0 Å². The van der Waals surface area contributed by atoms with E-state index in [1.54, 1.807) is 0 Å². The quantitative estimate of drug-likeness (QED) is 0.845. The molecule has 0 amide bonds. The van der Waals surface area contributed by atoms with Gasteiger partial charge < -0.3 is 9.72 Å². The number of nitrogens with one attached hydrogen (secondary N) is 2. The number of para-hydroxylation sites is 1. The monoisotopic (exact) mass is 272 g/mol. The van der Waals surface area contributed by atoms with Crippen LogP contribution >= 0.6 is 0 Å². The van der Waals surface area contributed by atoms with E-state index in [0.29, 0.717) is 6.42 Å². The van der Waals surface area contributed by atoms with Gasteiger partial charge in [0.2, 0.25) is 0 Å². The third kappa shape index (κ3) is 2.10. The zero-order valence-electron chi connectivity index (χ0n) is 11.9. The van der Waals surface area contributed by atoms with Crippen LogP contribution in [0.2, 0.25) is 0 Å². The summed E-state index contributed by atoms with van der Waals surface area (Å²) in [6.07, 6.45) is 2.76. The summed E-state index contributed by atoms with van der Waals surface area (Å²) in [6, 6.07) is 8.23. The Morgan fingerprint density at radius 1 is 1.40 bits per heavy atom. The van der Waals surface area contributed by atoms with Gasteiger partial charge in [0.15, 0.2) is 0 Å². The molecule has 0 fully saturated rings. The summed E-state index contributed by atoms with van der Waals surface area (Å²) < 4.78 is 4.91. The predicted octanol–water partition coefficient (Wildman–Crippen LogP) is 2.70. The van der Waals surface area contributed by atoms with Crippen LogP contribution in [0, 0.1) is 0 Å². The minimum absolute atomic E-state index is 0.179. The van der Waals surface area contributed by atoms with Gasteiger partial charge in [-0.2, -0.15) is 0 Å². The largest absolute Gasteiger partial charge is 0.468 e. The standard InChI is InChI=1S/C16H20N2O2/c1-3-6-13-15-11(9-14(17-13)16(19)20-2)10-7-4-5-8-12(10)18-15/h4-5,7-8,13-14,17-18H,3,6,9H2,1-2H3/t13-,14-/m1/s1. The maximum atomic E-state index is 11.9. The number of H-pyrrole nitrogens is 1. The second-order valence-electron chi connectivity index (χ2n) is 5.35. The molecule has 0 saturated carbocycles. The first-order valence-corrected chi connectivity index (χ1v) is 7.18. The van der Waals surface area contributed by atoms with Crippen LogP contribution in [0.1, 0.15) is 37.1 Å². The van der Waals surface area contributed by atoms with Crippen LogP contribution in [0.4, 0.5) is 0 Å². The van der Waals surface area contributed by atoms with E-state index in [0.717, 1.165) is 18.4 Å². The molecular formula is C16H20N2O2. The highest BCUT2D eigenvalue weighted by Gasteiger charge is 2.32.